The van der Waals surface area contributed by atoms with Gasteiger partial charge < -0.3 is 7.80 Å². The van der Waals surface area contributed by atoms with Crippen LogP contribution in [-0.4, -0.2) is 18.2 Å². The van der Waals surface area contributed by atoms with Gasteiger partial charge in [0.1, 0.15) is 0 Å². The van der Waals surface area contributed by atoms with Crippen molar-refractivity contribution in [2.24, 2.45) is 4.99 Å². The minimum Gasteiger partial charge on any atom is -0.478 e. The Bertz CT molecular complexity index is 350. The third kappa shape index (κ3) is 2.40. The van der Waals surface area contributed by atoms with Crippen LogP contribution in [0.25, 0.3) is 0 Å². The van der Waals surface area contributed by atoms with Crippen molar-refractivity contribution in [3.8, 4) is 11.6 Å². The van der Waals surface area contributed by atoms with E-state index in [4.69, 9.17) is 7.80 Å². The summed E-state index contributed by atoms with van der Waals surface area (Å²) < 4.78 is 9.80. The Hall–Kier alpha value is -1.14. The van der Waals surface area contributed by atoms with Crippen LogP contribution in [0.4, 0.5) is 5.69 Å². The van der Waals surface area contributed by atoms with Crippen LogP contribution in [0.15, 0.2) is 17.3 Å². The number of hydrogen-bond donors (Lipinski definition) is 0. The van der Waals surface area contributed by atoms with E-state index in [0.717, 1.165) is 0 Å². The summed E-state index contributed by atoms with van der Waals surface area (Å²) in [5, 5.41) is 0. The molecule has 0 N–H and O–H groups in total. The molecule has 0 spiro atoms. The van der Waals surface area contributed by atoms with Crippen LogP contribution in [0.3, 0.4) is 0 Å². The van der Waals surface area contributed by atoms with Crippen molar-refractivity contribution < 1.29 is 12.6 Å². The average molecular weight is 292 g/mol. The van der Waals surface area contributed by atoms with Crippen molar-refractivity contribution in [1.82, 2.24) is 4.98 Å². The molecule has 0 atom stereocenters. The van der Waals surface area contributed by atoms with E-state index >= 15 is 0 Å². The standard InChI is InChI=1S/C7H5IN2O3/c1-12-7-6(13-8)2-5(3-9-7)10-4-11/h2-3H,1H3. The molecule has 1 aromatic rings. The summed E-state index contributed by atoms with van der Waals surface area (Å²) in [5.41, 5.74) is 0.377. The second-order valence-corrected chi connectivity index (χ2v) is 2.42. The van der Waals surface area contributed by atoms with Crippen LogP contribution in [-0.2, 0) is 4.79 Å². The predicted octanol–water partition coefficient (Wildman–Crippen LogP) is 1.79. The number of rotatable bonds is 3. The van der Waals surface area contributed by atoms with E-state index < -0.39 is 0 Å². The Morgan fingerprint density at radius 2 is 2.46 bits per heavy atom. The molecule has 0 bridgehead atoms. The Morgan fingerprint density at radius 1 is 1.69 bits per heavy atom. The van der Waals surface area contributed by atoms with Crippen LogP contribution < -0.4 is 7.80 Å². The summed E-state index contributed by atoms with van der Waals surface area (Å²) in [6.45, 7) is 0. The monoisotopic (exact) mass is 292 g/mol. The van der Waals surface area contributed by atoms with Gasteiger partial charge in [0, 0.05) is 6.07 Å². The molecule has 13 heavy (non-hydrogen) atoms. The maximum atomic E-state index is 9.93. The number of hydrogen-bond acceptors (Lipinski definition) is 5. The van der Waals surface area contributed by atoms with Crippen molar-refractivity contribution in [3.05, 3.63) is 12.3 Å². The lowest BCUT2D eigenvalue weighted by molar-refractivity contribution is 0.386. The molecule has 6 heteroatoms. The van der Waals surface area contributed by atoms with E-state index in [2.05, 4.69) is 9.98 Å². The topological polar surface area (TPSA) is 60.8 Å². The minimum atomic E-state index is 0.347. The number of methoxy groups -OCH3 is 1. The second-order valence-electron chi connectivity index (χ2n) is 1.98. The first-order valence-corrected chi connectivity index (χ1v) is 4.10. The Kier molecular flexibility index (Phi) is 3.66. The summed E-state index contributed by atoms with van der Waals surface area (Å²) in [5.74, 6) is 0.763. The number of aliphatic imine (C=N–C) groups is 1. The van der Waals surface area contributed by atoms with E-state index in [9.17, 15) is 4.79 Å². The zero-order valence-corrected chi connectivity index (χ0v) is 8.81. The molecule has 0 radical (unpaired) electrons. The SMILES string of the molecule is COc1ncc(N=C=O)cc1OI. The third-order valence-corrected chi connectivity index (χ3v) is 1.73. The Balaban J connectivity index is 3.12. The van der Waals surface area contributed by atoms with Gasteiger partial charge in [-0.05, 0) is 0 Å². The molecule has 0 saturated carbocycles. The van der Waals surface area contributed by atoms with Gasteiger partial charge in [-0.15, -0.1) is 0 Å². The van der Waals surface area contributed by atoms with Crippen LogP contribution in [0, 0.1) is 0 Å². The number of ether oxygens (including phenoxy) is 1. The molecule has 68 valence electrons. The van der Waals surface area contributed by atoms with Crippen molar-refractivity contribution in [3.63, 3.8) is 0 Å². The van der Waals surface area contributed by atoms with Crippen molar-refractivity contribution in [2.75, 3.05) is 7.11 Å². The van der Waals surface area contributed by atoms with E-state index in [1.807, 2.05) is 0 Å². The molecule has 0 saturated heterocycles. The smallest absolute Gasteiger partial charge is 0.258 e. The zero-order chi connectivity index (χ0) is 9.68. The van der Waals surface area contributed by atoms with Crippen LogP contribution in [0.2, 0.25) is 0 Å². The lowest BCUT2D eigenvalue weighted by atomic mass is 10.4. The zero-order valence-electron chi connectivity index (χ0n) is 6.65. The van der Waals surface area contributed by atoms with Crippen molar-refractivity contribution >= 4 is 34.8 Å². The van der Waals surface area contributed by atoms with Gasteiger partial charge in [-0.1, -0.05) is 0 Å². The van der Waals surface area contributed by atoms with Crippen LogP contribution in [0.1, 0.15) is 0 Å². The van der Waals surface area contributed by atoms with Gasteiger partial charge in [0.25, 0.3) is 5.88 Å². The molecule has 0 amide bonds. The lowest BCUT2D eigenvalue weighted by Crippen LogP contribution is -1.89. The first kappa shape index (κ1) is 9.94. The highest BCUT2D eigenvalue weighted by molar-refractivity contribution is 14.1. The molecule has 0 unspecified atom stereocenters. The maximum absolute atomic E-state index is 9.93. The predicted molar refractivity (Wildman–Crippen MR) is 53.2 cm³/mol. The molecule has 1 aromatic heterocycles. The van der Waals surface area contributed by atoms with Crippen LogP contribution in [0.5, 0.6) is 11.6 Å². The lowest BCUT2D eigenvalue weighted by Gasteiger charge is -2.03. The molecule has 1 rings (SSSR count). The molecule has 0 aliphatic heterocycles. The fourth-order valence-electron chi connectivity index (χ4n) is 0.744. The summed E-state index contributed by atoms with van der Waals surface area (Å²) in [7, 11) is 1.48. The molecule has 0 aliphatic carbocycles. The molecular formula is C7H5IN2O3. The number of carbonyl (C=O) groups excluding carboxylic acids is 1. The van der Waals surface area contributed by atoms with E-state index in [1.54, 1.807) is 23.0 Å². The second kappa shape index (κ2) is 4.78. The van der Waals surface area contributed by atoms with E-state index in [0.29, 0.717) is 17.3 Å². The molecular weight excluding hydrogens is 287 g/mol. The number of aromatic nitrogens is 1. The third-order valence-electron chi connectivity index (χ3n) is 1.26. The highest BCUT2D eigenvalue weighted by Gasteiger charge is 2.05. The van der Waals surface area contributed by atoms with E-state index in [1.165, 1.54) is 25.5 Å². The summed E-state index contributed by atoms with van der Waals surface area (Å²) in [6, 6.07) is 1.53. The van der Waals surface area contributed by atoms with Gasteiger partial charge in [-0.2, -0.15) is 4.99 Å². The van der Waals surface area contributed by atoms with Gasteiger partial charge in [0.2, 0.25) is 6.08 Å². The highest BCUT2D eigenvalue weighted by atomic mass is 127. The molecule has 0 aliphatic rings. The van der Waals surface area contributed by atoms with Crippen LogP contribution >= 0.6 is 23.0 Å². The van der Waals surface area contributed by atoms with Gasteiger partial charge >= 0.3 is 0 Å². The molecule has 0 aromatic carbocycles. The Labute approximate surface area is 88.5 Å². The normalized spacial score (nSPS) is 8.77. The van der Waals surface area contributed by atoms with Crippen molar-refractivity contribution in [1.29, 1.82) is 0 Å². The minimum absolute atomic E-state index is 0.347. The number of halogens is 1. The quantitative estimate of drug-likeness (QED) is 0.484. The van der Waals surface area contributed by atoms with Crippen molar-refractivity contribution in [2.45, 2.75) is 0 Å². The fourth-order valence-corrected chi connectivity index (χ4v) is 1.06. The molecule has 5 nitrogen and oxygen atoms in total. The maximum Gasteiger partial charge on any atom is 0.258 e. The largest absolute Gasteiger partial charge is 0.478 e. The highest BCUT2D eigenvalue weighted by Crippen LogP contribution is 2.29. The van der Waals surface area contributed by atoms with Gasteiger partial charge in [-0.3, -0.25) is 0 Å². The average Bonchev–Trinajstić information content (AvgIpc) is 2.18. The summed E-state index contributed by atoms with van der Waals surface area (Å²) >= 11 is 1.69. The first-order valence-electron chi connectivity index (χ1n) is 3.22. The Morgan fingerprint density at radius 3 is 3.00 bits per heavy atom. The first-order chi connectivity index (χ1) is 6.31. The molecule has 1 heterocycles. The number of isocyanates is 1. The summed E-state index contributed by atoms with van der Waals surface area (Å²) in [6.07, 6.45) is 2.80. The summed E-state index contributed by atoms with van der Waals surface area (Å²) in [4.78, 5) is 17.2. The van der Waals surface area contributed by atoms with Gasteiger partial charge in [0.15, 0.2) is 28.8 Å². The fraction of sp³-hybridized carbons (Fsp3) is 0.143. The van der Waals surface area contributed by atoms with Gasteiger partial charge in [0.05, 0.1) is 19.0 Å². The number of nitrogens with zero attached hydrogens (tertiary/aromatic N) is 2. The number of pyridine rings is 1. The molecule has 0 fully saturated rings. The van der Waals surface area contributed by atoms with Gasteiger partial charge in [-0.25, -0.2) is 9.78 Å². The van der Waals surface area contributed by atoms with E-state index in [-0.39, 0.29) is 0 Å².